The molecule has 1 N–H and O–H groups in total. The number of rotatable bonds is 4. The summed E-state index contributed by atoms with van der Waals surface area (Å²) in [6.07, 6.45) is 1.88. The molecule has 0 aliphatic heterocycles. The van der Waals surface area contributed by atoms with Crippen molar-refractivity contribution in [1.29, 1.82) is 0 Å². The van der Waals surface area contributed by atoms with Crippen LogP contribution in [0.5, 0.6) is 0 Å². The second-order valence-corrected chi connectivity index (χ2v) is 3.92. The topological polar surface area (TPSA) is 56.1 Å². The van der Waals surface area contributed by atoms with E-state index >= 15 is 0 Å². The van der Waals surface area contributed by atoms with Gasteiger partial charge in [0.25, 0.3) is 0 Å². The number of esters is 1. The number of anilines is 1. The van der Waals surface area contributed by atoms with Gasteiger partial charge in [-0.1, -0.05) is 12.1 Å². The third-order valence-corrected chi connectivity index (χ3v) is 2.56. The van der Waals surface area contributed by atoms with Crippen LogP contribution in [0.25, 0.3) is 0 Å². The van der Waals surface area contributed by atoms with E-state index in [0.717, 1.165) is 11.4 Å². The van der Waals surface area contributed by atoms with E-state index in [1.54, 1.807) is 16.8 Å². The number of hydrogen-bond acceptors (Lipinski definition) is 4. The van der Waals surface area contributed by atoms with E-state index in [4.69, 9.17) is 0 Å². The predicted molar refractivity (Wildman–Crippen MR) is 68.3 cm³/mol. The minimum absolute atomic E-state index is 0.320. The van der Waals surface area contributed by atoms with Crippen LogP contribution < -0.4 is 5.32 Å². The fourth-order valence-corrected chi connectivity index (χ4v) is 1.58. The Morgan fingerprint density at radius 1 is 1.33 bits per heavy atom. The van der Waals surface area contributed by atoms with Gasteiger partial charge in [-0.3, -0.25) is 4.68 Å². The van der Waals surface area contributed by atoms with Crippen LogP contribution in [0.2, 0.25) is 0 Å². The van der Waals surface area contributed by atoms with Gasteiger partial charge in [0, 0.05) is 25.9 Å². The van der Waals surface area contributed by atoms with Crippen molar-refractivity contribution in [3.05, 3.63) is 47.7 Å². The lowest BCUT2D eigenvalue weighted by Crippen LogP contribution is -2.03. The van der Waals surface area contributed by atoms with Gasteiger partial charge in [-0.05, 0) is 17.7 Å². The van der Waals surface area contributed by atoms with Gasteiger partial charge in [-0.15, -0.1) is 0 Å². The molecule has 0 atom stereocenters. The van der Waals surface area contributed by atoms with Crippen LogP contribution in [0.15, 0.2) is 36.5 Å². The molecular weight excluding hydrogens is 230 g/mol. The van der Waals surface area contributed by atoms with Crippen LogP contribution in [0.3, 0.4) is 0 Å². The molecule has 0 fully saturated rings. The number of aromatic nitrogens is 2. The number of carbonyl (C=O) groups is 1. The summed E-state index contributed by atoms with van der Waals surface area (Å²) in [7, 11) is 3.25. The lowest BCUT2D eigenvalue weighted by Gasteiger charge is -2.04. The zero-order valence-electron chi connectivity index (χ0n) is 10.4. The molecule has 0 bridgehead atoms. The molecule has 0 aliphatic carbocycles. The fraction of sp³-hybridized carbons (Fsp3) is 0.231. The maximum atomic E-state index is 11.3. The normalized spacial score (nSPS) is 10.1. The van der Waals surface area contributed by atoms with Gasteiger partial charge >= 0.3 is 5.97 Å². The molecule has 0 radical (unpaired) electrons. The second-order valence-electron chi connectivity index (χ2n) is 3.92. The molecule has 2 aromatic rings. The SMILES string of the molecule is COC(=O)c1ccc(CNc2ccn(C)n2)cc1. The van der Waals surface area contributed by atoms with E-state index in [1.807, 2.05) is 31.4 Å². The molecule has 94 valence electrons. The Morgan fingerprint density at radius 2 is 2.06 bits per heavy atom. The molecule has 5 heteroatoms. The van der Waals surface area contributed by atoms with E-state index in [2.05, 4.69) is 15.2 Å². The molecule has 18 heavy (non-hydrogen) atoms. The van der Waals surface area contributed by atoms with Crippen LogP contribution >= 0.6 is 0 Å². The first-order chi connectivity index (χ1) is 8.69. The molecule has 0 unspecified atom stereocenters. The molecule has 0 aliphatic rings. The number of ether oxygens (including phenoxy) is 1. The lowest BCUT2D eigenvalue weighted by atomic mass is 10.1. The van der Waals surface area contributed by atoms with E-state index < -0.39 is 0 Å². The summed E-state index contributed by atoms with van der Waals surface area (Å²) in [4.78, 5) is 11.3. The zero-order chi connectivity index (χ0) is 13.0. The molecule has 1 aromatic carbocycles. The molecule has 0 spiro atoms. The van der Waals surface area contributed by atoms with E-state index in [9.17, 15) is 4.79 Å². The Kier molecular flexibility index (Phi) is 3.62. The molecule has 0 saturated heterocycles. The van der Waals surface area contributed by atoms with Crippen molar-refractivity contribution in [2.45, 2.75) is 6.54 Å². The van der Waals surface area contributed by atoms with E-state index in [1.165, 1.54) is 7.11 Å². The standard InChI is InChI=1S/C13H15N3O2/c1-16-8-7-12(15-16)14-9-10-3-5-11(6-4-10)13(17)18-2/h3-8H,9H2,1-2H3,(H,14,15). The lowest BCUT2D eigenvalue weighted by molar-refractivity contribution is 0.0600. The first kappa shape index (κ1) is 12.2. The van der Waals surface area contributed by atoms with Crippen molar-refractivity contribution < 1.29 is 9.53 Å². The van der Waals surface area contributed by atoms with Gasteiger partial charge < -0.3 is 10.1 Å². The van der Waals surface area contributed by atoms with Gasteiger partial charge in [0.05, 0.1) is 12.7 Å². The molecule has 0 amide bonds. The first-order valence-corrected chi connectivity index (χ1v) is 5.60. The van der Waals surface area contributed by atoms with Gasteiger partial charge in [0.2, 0.25) is 0 Å². The summed E-state index contributed by atoms with van der Waals surface area (Å²) < 4.78 is 6.38. The number of aryl methyl sites for hydroxylation is 1. The average Bonchev–Trinajstić information content (AvgIpc) is 2.82. The minimum Gasteiger partial charge on any atom is -0.465 e. The Balaban J connectivity index is 1.96. The average molecular weight is 245 g/mol. The van der Waals surface area contributed by atoms with Crippen LogP contribution in [-0.2, 0) is 18.3 Å². The summed E-state index contributed by atoms with van der Waals surface area (Å²) in [5, 5.41) is 7.41. The number of hydrogen-bond donors (Lipinski definition) is 1. The van der Waals surface area contributed by atoms with Gasteiger partial charge in [-0.25, -0.2) is 4.79 Å². The Labute approximate surface area is 105 Å². The summed E-state index contributed by atoms with van der Waals surface area (Å²) in [5.41, 5.74) is 1.63. The van der Waals surface area contributed by atoms with E-state index in [-0.39, 0.29) is 5.97 Å². The number of carbonyl (C=O) groups excluding carboxylic acids is 1. The summed E-state index contributed by atoms with van der Waals surface area (Å²) in [6.45, 7) is 0.665. The smallest absolute Gasteiger partial charge is 0.337 e. The maximum absolute atomic E-state index is 11.3. The van der Waals surface area contributed by atoms with Crippen molar-refractivity contribution in [1.82, 2.24) is 9.78 Å². The number of nitrogens with zero attached hydrogens (tertiary/aromatic N) is 2. The Bertz CT molecular complexity index is 531. The molecular formula is C13H15N3O2. The zero-order valence-corrected chi connectivity index (χ0v) is 10.4. The van der Waals surface area contributed by atoms with Crippen LogP contribution in [0.1, 0.15) is 15.9 Å². The number of nitrogens with one attached hydrogen (secondary N) is 1. The summed E-state index contributed by atoms with van der Waals surface area (Å²) in [5.74, 6) is 0.508. The molecule has 2 rings (SSSR count). The minimum atomic E-state index is -0.320. The maximum Gasteiger partial charge on any atom is 0.337 e. The fourth-order valence-electron chi connectivity index (χ4n) is 1.58. The summed E-state index contributed by atoms with van der Waals surface area (Å²) in [6, 6.07) is 9.19. The molecule has 5 nitrogen and oxygen atoms in total. The van der Waals surface area contributed by atoms with Crippen molar-refractivity contribution in [2.24, 2.45) is 7.05 Å². The van der Waals surface area contributed by atoms with Gasteiger partial charge in [0.15, 0.2) is 0 Å². The monoisotopic (exact) mass is 245 g/mol. The highest BCUT2D eigenvalue weighted by Crippen LogP contribution is 2.08. The first-order valence-electron chi connectivity index (χ1n) is 5.60. The largest absolute Gasteiger partial charge is 0.465 e. The third kappa shape index (κ3) is 2.88. The molecule has 1 heterocycles. The van der Waals surface area contributed by atoms with Crippen molar-refractivity contribution in [3.8, 4) is 0 Å². The third-order valence-electron chi connectivity index (χ3n) is 2.56. The second kappa shape index (κ2) is 5.35. The van der Waals surface area contributed by atoms with Crippen LogP contribution in [-0.4, -0.2) is 22.9 Å². The molecule has 0 saturated carbocycles. The Morgan fingerprint density at radius 3 is 2.61 bits per heavy atom. The highest BCUT2D eigenvalue weighted by atomic mass is 16.5. The van der Waals surface area contributed by atoms with Crippen LogP contribution in [0.4, 0.5) is 5.82 Å². The molecule has 1 aromatic heterocycles. The predicted octanol–water partition coefficient (Wildman–Crippen LogP) is 1.82. The van der Waals surface area contributed by atoms with Crippen molar-refractivity contribution in [3.63, 3.8) is 0 Å². The summed E-state index contributed by atoms with van der Waals surface area (Å²) >= 11 is 0. The van der Waals surface area contributed by atoms with E-state index in [0.29, 0.717) is 12.1 Å². The quantitative estimate of drug-likeness (QED) is 0.835. The number of methoxy groups -OCH3 is 1. The Hall–Kier alpha value is -2.30. The van der Waals surface area contributed by atoms with Gasteiger partial charge in [0.1, 0.15) is 5.82 Å². The van der Waals surface area contributed by atoms with Crippen LogP contribution in [0, 0.1) is 0 Å². The van der Waals surface area contributed by atoms with Crippen molar-refractivity contribution >= 4 is 11.8 Å². The van der Waals surface area contributed by atoms with Gasteiger partial charge in [-0.2, -0.15) is 5.10 Å². The number of benzene rings is 1. The highest BCUT2D eigenvalue weighted by molar-refractivity contribution is 5.89. The highest BCUT2D eigenvalue weighted by Gasteiger charge is 2.04. The van der Waals surface area contributed by atoms with Crippen molar-refractivity contribution in [2.75, 3.05) is 12.4 Å².